The molecule has 0 amide bonds. The SMILES string of the molecule is CC(C)n1cc(-c2nnc(-c3ccccc3)c(-c3ccccc3)n2)cc1CCCCOCC(=O)OC(C)(C)C. The van der Waals surface area contributed by atoms with E-state index in [9.17, 15) is 4.79 Å². The van der Waals surface area contributed by atoms with E-state index in [2.05, 4.69) is 53.0 Å². The standard InChI is InChI=1S/C32H38N4O3/c1-23(2)36-21-26(20-27(36)18-12-13-19-38-22-28(37)39-32(3,4)5)31-33-29(24-14-8-6-9-15-24)30(34-35-31)25-16-10-7-11-17-25/h6-11,14-17,20-21,23H,12-13,18-19,22H2,1-5H3. The van der Waals surface area contributed by atoms with Crippen LogP contribution in [0.2, 0.25) is 0 Å². The van der Waals surface area contributed by atoms with Gasteiger partial charge in [-0.25, -0.2) is 9.78 Å². The van der Waals surface area contributed by atoms with Crippen molar-refractivity contribution in [2.45, 2.75) is 65.5 Å². The summed E-state index contributed by atoms with van der Waals surface area (Å²) in [7, 11) is 0. The van der Waals surface area contributed by atoms with Gasteiger partial charge in [-0.3, -0.25) is 0 Å². The van der Waals surface area contributed by atoms with Crippen LogP contribution in [0.4, 0.5) is 0 Å². The molecule has 0 N–H and O–H groups in total. The van der Waals surface area contributed by atoms with Crippen LogP contribution in [0.25, 0.3) is 33.9 Å². The van der Waals surface area contributed by atoms with Crippen molar-refractivity contribution >= 4 is 5.97 Å². The molecule has 2 aromatic heterocycles. The highest BCUT2D eigenvalue weighted by Crippen LogP contribution is 2.31. The molecule has 7 nitrogen and oxygen atoms in total. The highest BCUT2D eigenvalue weighted by atomic mass is 16.6. The maximum absolute atomic E-state index is 11.8. The molecule has 0 radical (unpaired) electrons. The molecule has 0 aliphatic carbocycles. The quantitative estimate of drug-likeness (QED) is 0.156. The van der Waals surface area contributed by atoms with Gasteiger partial charge >= 0.3 is 5.97 Å². The number of hydrogen-bond acceptors (Lipinski definition) is 6. The molecule has 0 saturated carbocycles. The second-order valence-corrected chi connectivity index (χ2v) is 10.9. The first-order valence-corrected chi connectivity index (χ1v) is 13.6. The molecule has 7 heteroatoms. The number of unbranched alkanes of at least 4 members (excludes halogenated alkanes) is 1. The summed E-state index contributed by atoms with van der Waals surface area (Å²) in [5, 5.41) is 9.19. The summed E-state index contributed by atoms with van der Waals surface area (Å²) in [6.07, 6.45) is 4.79. The number of hydrogen-bond donors (Lipinski definition) is 0. The van der Waals surface area contributed by atoms with Gasteiger partial charge < -0.3 is 14.0 Å². The van der Waals surface area contributed by atoms with Crippen LogP contribution in [-0.2, 0) is 20.7 Å². The van der Waals surface area contributed by atoms with Crippen molar-refractivity contribution < 1.29 is 14.3 Å². The van der Waals surface area contributed by atoms with Gasteiger partial charge in [-0.15, -0.1) is 10.2 Å². The van der Waals surface area contributed by atoms with Crippen molar-refractivity contribution in [3.05, 3.63) is 78.6 Å². The van der Waals surface area contributed by atoms with Gasteiger partial charge in [0.1, 0.15) is 23.6 Å². The Kier molecular flexibility index (Phi) is 9.25. The maximum Gasteiger partial charge on any atom is 0.332 e. The van der Waals surface area contributed by atoms with Crippen LogP contribution in [0.1, 0.15) is 59.2 Å². The van der Waals surface area contributed by atoms with Crippen LogP contribution in [0.3, 0.4) is 0 Å². The second-order valence-electron chi connectivity index (χ2n) is 10.9. The van der Waals surface area contributed by atoms with E-state index in [1.165, 1.54) is 5.69 Å². The molecule has 2 aromatic carbocycles. The van der Waals surface area contributed by atoms with Crippen LogP contribution < -0.4 is 0 Å². The maximum atomic E-state index is 11.8. The minimum absolute atomic E-state index is 0.0170. The molecule has 0 bridgehead atoms. The van der Waals surface area contributed by atoms with E-state index in [0.717, 1.165) is 47.3 Å². The Labute approximate surface area is 231 Å². The number of carbonyl (C=O) groups is 1. The zero-order chi connectivity index (χ0) is 27.8. The van der Waals surface area contributed by atoms with Crippen molar-refractivity contribution in [3.63, 3.8) is 0 Å². The Morgan fingerprint density at radius 2 is 1.51 bits per heavy atom. The molecular weight excluding hydrogens is 488 g/mol. The summed E-state index contributed by atoms with van der Waals surface area (Å²) >= 11 is 0. The third-order valence-corrected chi connectivity index (χ3v) is 6.14. The van der Waals surface area contributed by atoms with Crippen LogP contribution in [0, 0.1) is 0 Å². The van der Waals surface area contributed by atoms with Crippen molar-refractivity contribution in [3.8, 4) is 33.9 Å². The van der Waals surface area contributed by atoms with Gasteiger partial charge in [0.2, 0.25) is 0 Å². The highest BCUT2D eigenvalue weighted by Gasteiger charge is 2.18. The Morgan fingerprint density at radius 1 is 0.872 bits per heavy atom. The average Bonchev–Trinajstić information content (AvgIpc) is 3.35. The number of aryl methyl sites for hydroxylation is 1. The minimum atomic E-state index is -0.497. The van der Waals surface area contributed by atoms with Crippen molar-refractivity contribution in [2.24, 2.45) is 0 Å². The van der Waals surface area contributed by atoms with E-state index in [0.29, 0.717) is 18.5 Å². The largest absolute Gasteiger partial charge is 0.458 e. The van der Waals surface area contributed by atoms with Gasteiger partial charge in [-0.2, -0.15) is 0 Å². The normalized spacial score (nSPS) is 11.6. The minimum Gasteiger partial charge on any atom is -0.458 e. The zero-order valence-electron chi connectivity index (χ0n) is 23.6. The lowest BCUT2D eigenvalue weighted by atomic mass is 10.0. The zero-order valence-corrected chi connectivity index (χ0v) is 23.6. The monoisotopic (exact) mass is 526 g/mol. The summed E-state index contributed by atoms with van der Waals surface area (Å²) in [6.45, 7) is 10.4. The molecule has 0 aliphatic rings. The van der Waals surface area contributed by atoms with Gasteiger partial charge in [0, 0.05) is 41.2 Å². The first kappa shape index (κ1) is 28.2. The first-order chi connectivity index (χ1) is 18.7. The molecule has 39 heavy (non-hydrogen) atoms. The molecule has 4 aromatic rings. The Bertz CT molecular complexity index is 1360. The second kappa shape index (κ2) is 12.8. The van der Waals surface area contributed by atoms with Crippen LogP contribution in [0.15, 0.2) is 72.9 Å². The summed E-state index contributed by atoms with van der Waals surface area (Å²) in [5.74, 6) is 0.275. The molecule has 204 valence electrons. The average molecular weight is 527 g/mol. The molecular formula is C32H38N4O3. The summed E-state index contributed by atoms with van der Waals surface area (Å²) < 4.78 is 13.1. The number of aromatic nitrogens is 4. The van der Waals surface area contributed by atoms with Gasteiger partial charge in [0.25, 0.3) is 0 Å². The number of nitrogens with zero attached hydrogens (tertiary/aromatic N) is 4. The molecule has 2 heterocycles. The van der Waals surface area contributed by atoms with E-state index in [4.69, 9.17) is 14.5 Å². The van der Waals surface area contributed by atoms with Gasteiger partial charge in [0.15, 0.2) is 5.82 Å². The predicted molar refractivity (Wildman–Crippen MR) is 154 cm³/mol. The Balaban J connectivity index is 1.49. The van der Waals surface area contributed by atoms with E-state index in [-0.39, 0.29) is 12.6 Å². The summed E-state index contributed by atoms with van der Waals surface area (Å²) in [6, 6.07) is 22.6. The lowest BCUT2D eigenvalue weighted by Gasteiger charge is -2.19. The molecule has 0 fully saturated rings. The molecule has 4 rings (SSSR count). The van der Waals surface area contributed by atoms with Crippen molar-refractivity contribution in [1.29, 1.82) is 0 Å². The highest BCUT2D eigenvalue weighted by molar-refractivity contribution is 5.78. The van der Waals surface area contributed by atoms with Crippen LogP contribution in [-0.4, -0.2) is 44.5 Å². The lowest BCUT2D eigenvalue weighted by molar-refractivity contribution is -0.160. The van der Waals surface area contributed by atoms with Crippen LogP contribution in [0.5, 0.6) is 0 Å². The van der Waals surface area contributed by atoms with Gasteiger partial charge in [-0.05, 0) is 59.9 Å². The molecule has 0 unspecified atom stereocenters. The Hall–Kier alpha value is -3.84. The van der Waals surface area contributed by atoms with Crippen molar-refractivity contribution in [1.82, 2.24) is 19.7 Å². The van der Waals surface area contributed by atoms with E-state index in [1.54, 1.807) is 0 Å². The van der Waals surface area contributed by atoms with E-state index >= 15 is 0 Å². The first-order valence-electron chi connectivity index (χ1n) is 13.6. The molecule has 0 saturated heterocycles. The van der Waals surface area contributed by atoms with Gasteiger partial charge in [0.05, 0.1) is 0 Å². The number of benzene rings is 2. The fourth-order valence-electron chi connectivity index (χ4n) is 4.40. The fraction of sp³-hybridized carbons (Fsp3) is 0.375. The summed E-state index contributed by atoms with van der Waals surface area (Å²) in [4.78, 5) is 16.8. The molecule has 0 spiro atoms. The topological polar surface area (TPSA) is 79.1 Å². The summed E-state index contributed by atoms with van der Waals surface area (Å²) in [5.41, 5.74) is 5.23. The number of rotatable bonds is 11. The predicted octanol–water partition coefficient (Wildman–Crippen LogP) is 6.94. The smallest absolute Gasteiger partial charge is 0.332 e. The Morgan fingerprint density at radius 3 is 2.13 bits per heavy atom. The van der Waals surface area contributed by atoms with E-state index < -0.39 is 5.60 Å². The number of carbonyl (C=O) groups excluding carboxylic acids is 1. The number of ether oxygens (including phenoxy) is 2. The van der Waals surface area contributed by atoms with Crippen LogP contribution >= 0.6 is 0 Å². The molecule has 0 atom stereocenters. The number of esters is 1. The van der Waals surface area contributed by atoms with E-state index in [1.807, 2.05) is 69.3 Å². The third kappa shape index (κ3) is 7.83. The molecule has 0 aliphatic heterocycles. The lowest BCUT2D eigenvalue weighted by Crippen LogP contribution is -2.26. The van der Waals surface area contributed by atoms with Crippen molar-refractivity contribution in [2.75, 3.05) is 13.2 Å². The third-order valence-electron chi connectivity index (χ3n) is 6.14. The fourth-order valence-corrected chi connectivity index (χ4v) is 4.40. The van der Waals surface area contributed by atoms with Gasteiger partial charge in [-0.1, -0.05) is 60.7 Å².